The summed E-state index contributed by atoms with van der Waals surface area (Å²) < 4.78 is 5.59. The lowest BCUT2D eigenvalue weighted by atomic mass is 9.88. The molecule has 0 aromatic heterocycles. The molecule has 1 amide bonds. The van der Waals surface area contributed by atoms with Crippen LogP contribution in [0.5, 0.6) is 5.75 Å². The monoisotopic (exact) mass is 320 g/mol. The summed E-state index contributed by atoms with van der Waals surface area (Å²) >= 11 is 0. The molecule has 0 bridgehead atoms. The van der Waals surface area contributed by atoms with Crippen LogP contribution in [0.2, 0.25) is 0 Å². The average molecular weight is 320 g/mol. The first-order valence-electron chi connectivity index (χ1n) is 8.03. The number of amides is 1. The standard InChI is InChI=1S/C18H28N2O3/c1-13(2)18(4,12-19)20-17(22)9-6-10-23-16-8-5-7-15(11-16)14(3)21/h5,7-8,11,13H,6,9-10,12,19H2,1-4H3,(H,20,22). The van der Waals surface area contributed by atoms with Gasteiger partial charge in [0.1, 0.15) is 5.75 Å². The van der Waals surface area contributed by atoms with Gasteiger partial charge < -0.3 is 15.8 Å². The van der Waals surface area contributed by atoms with E-state index >= 15 is 0 Å². The van der Waals surface area contributed by atoms with Crippen LogP contribution in [-0.4, -0.2) is 30.4 Å². The number of Topliss-reactive ketones (excluding diaryl/α,β-unsaturated/α-hetero) is 1. The van der Waals surface area contributed by atoms with Crippen LogP contribution in [-0.2, 0) is 4.79 Å². The largest absolute Gasteiger partial charge is 0.494 e. The predicted octanol–water partition coefficient (Wildman–Crippen LogP) is 2.54. The van der Waals surface area contributed by atoms with Crippen LogP contribution in [0.1, 0.15) is 50.9 Å². The van der Waals surface area contributed by atoms with Crippen LogP contribution in [0.3, 0.4) is 0 Å². The Morgan fingerprint density at radius 2 is 2.04 bits per heavy atom. The van der Waals surface area contributed by atoms with Crippen LogP contribution in [0.25, 0.3) is 0 Å². The number of carbonyl (C=O) groups is 2. The van der Waals surface area contributed by atoms with E-state index in [0.717, 1.165) is 0 Å². The van der Waals surface area contributed by atoms with Gasteiger partial charge in [-0.3, -0.25) is 9.59 Å². The van der Waals surface area contributed by atoms with E-state index in [9.17, 15) is 9.59 Å². The minimum Gasteiger partial charge on any atom is -0.494 e. The van der Waals surface area contributed by atoms with Gasteiger partial charge in [-0.1, -0.05) is 26.0 Å². The van der Waals surface area contributed by atoms with Gasteiger partial charge in [-0.25, -0.2) is 0 Å². The van der Waals surface area contributed by atoms with Crippen molar-refractivity contribution in [1.29, 1.82) is 0 Å². The zero-order chi connectivity index (χ0) is 17.5. The molecule has 23 heavy (non-hydrogen) atoms. The summed E-state index contributed by atoms with van der Waals surface area (Å²) in [5, 5.41) is 3.00. The van der Waals surface area contributed by atoms with E-state index in [1.807, 2.05) is 20.8 Å². The van der Waals surface area contributed by atoms with Gasteiger partial charge >= 0.3 is 0 Å². The molecule has 0 aliphatic heterocycles. The zero-order valence-corrected chi connectivity index (χ0v) is 14.5. The number of hydrogen-bond acceptors (Lipinski definition) is 4. The molecular weight excluding hydrogens is 292 g/mol. The zero-order valence-electron chi connectivity index (χ0n) is 14.5. The molecule has 1 atom stereocenters. The van der Waals surface area contributed by atoms with Gasteiger partial charge in [0.05, 0.1) is 12.1 Å². The Bertz CT molecular complexity index is 543. The summed E-state index contributed by atoms with van der Waals surface area (Å²) in [7, 11) is 0. The van der Waals surface area contributed by atoms with Crippen LogP contribution >= 0.6 is 0 Å². The van der Waals surface area contributed by atoms with Crippen molar-refractivity contribution in [3.8, 4) is 5.75 Å². The molecule has 0 fully saturated rings. The highest BCUT2D eigenvalue weighted by molar-refractivity contribution is 5.94. The first kappa shape index (κ1) is 19.2. The van der Waals surface area contributed by atoms with Crippen molar-refractivity contribution < 1.29 is 14.3 Å². The van der Waals surface area contributed by atoms with Gasteiger partial charge in [-0.05, 0) is 38.3 Å². The number of benzene rings is 1. The quantitative estimate of drug-likeness (QED) is 0.541. The SMILES string of the molecule is CC(=O)c1cccc(OCCCC(=O)NC(C)(CN)C(C)C)c1. The molecule has 0 spiro atoms. The minimum atomic E-state index is -0.381. The van der Waals surface area contributed by atoms with Crippen molar-refractivity contribution in [3.63, 3.8) is 0 Å². The van der Waals surface area contributed by atoms with Gasteiger partial charge in [0, 0.05) is 18.5 Å². The van der Waals surface area contributed by atoms with Gasteiger partial charge in [-0.15, -0.1) is 0 Å². The topological polar surface area (TPSA) is 81.4 Å². The third kappa shape index (κ3) is 6.02. The molecule has 0 aliphatic rings. The Labute approximate surface area is 138 Å². The second-order valence-electron chi connectivity index (χ2n) is 6.36. The van der Waals surface area contributed by atoms with Crippen molar-refractivity contribution in [2.75, 3.05) is 13.2 Å². The van der Waals surface area contributed by atoms with Crippen LogP contribution in [0, 0.1) is 5.92 Å². The molecule has 0 radical (unpaired) electrons. The Hall–Kier alpha value is -1.88. The summed E-state index contributed by atoms with van der Waals surface area (Å²) in [5.41, 5.74) is 6.00. The Kier molecular flexibility index (Phi) is 7.23. The second-order valence-corrected chi connectivity index (χ2v) is 6.36. The smallest absolute Gasteiger partial charge is 0.220 e. The molecule has 0 saturated carbocycles. The number of ketones is 1. The van der Waals surface area contributed by atoms with E-state index in [1.165, 1.54) is 6.92 Å². The molecule has 128 valence electrons. The van der Waals surface area contributed by atoms with Gasteiger partial charge in [0.15, 0.2) is 5.78 Å². The molecule has 0 saturated heterocycles. The van der Waals surface area contributed by atoms with E-state index in [1.54, 1.807) is 24.3 Å². The molecule has 5 nitrogen and oxygen atoms in total. The summed E-state index contributed by atoms with van der Waals surface area (Å²) in [6.07, 6.45) is 0.990. The molecule has 0 aliphatic carbocycles. The fourth-order valence-electron chi connectivity index (χ4n) is 2.04. The molecule has 1 rings (SSSR count). The van der Waals surface area contributed by atoms with Crippen molar-refractivity contribution in [1.82, 2.24) is 5.32 Å². The van der Waals surface area contributed by atoms with E-state index in [0.29, 0.717) is 37.3 Å². The number of nitrogens with one attached hydrogen (secondary N) is 1. The fourth-order valence-corrected chi connectivity index (χ4v) is 2.04. The predicted molar refractivity (Wildman–Crippen MR) is 91.6 cm³/mol. The van der Waals surface area contributed by atoms with E-state index in [2.05, 4.69) is 5.32 Å². The van der Waals surface area contributed by atoms with Gasteiger partial charge in [-0.2, -0.15) is 0 Å². The summed E-state index contributed by atoms with van der Waals surface area (Å²) in [6, 6.07) is 7.06. The van der Waals surface area contributed by atoms with Crippen molar-refractivity contribution in [2.45, 2.75) is 46.1 Å². The maximum Gasteiger partial charge on any atom is 0.220 e. The van der Waals surface area contributed by atoms with E-state index in [-0.39, 0.29) is 23.1 Å². The average Bonchev–Trinajstić information content (AvgIpc) is 2.51. The second kappa shape index (κ2) is 8.67. The molecule has 3 N–H and O–H groups in total. The lowest BCUT2D eigenvalue weighted by Gasteiger charge is -2.33. The highest BCUT2D eigenvalue weighted by Gasteiger charge is 2.28. The van der Waals surface area contributed by atoms with Crippen LogP contribution < -0.4 is 15.8 Å². The van der Waals surface area contributed by atoms with E-state index < -0.39 is 0 Å². The van der Waals surface area contributed by atoms with Crippen molar-refractivity contribution in [2.24, 2.45) is 11.7 Å². The maximum atomic E-state index is 12.0. The molecule has 1 aromatic carbocycles. The van der Waals surface area contributed by atoms with Crippen LogP contribution in [0.4, 0.5) is 0 Å². The van der Waals surface area contributed by atoms with E-state index in [4.69, 9.17) is 10.5 Å². The first-order chi connectivity index (χ1) is 10.8. The highest BCUT2D eigenvalue weighted by Crippen LogP contribution is 2.16. The van der Waals surface area contributed by atoms with Gasteiger partial charge in [0.25, 0.3) is 0 Å². The Balaban J connectivity index is 2.38. The summed E-state index contributed by atoms with van der Waals surface area (Å²) in [6.45, 7) is 8.39. The Morgan fingerprint density at radius 1 is 1.35 bits per heavy atom. The lowest BCUT2D eigenvalue weighted by molar-refractivity contribution is -0.123. The Morgan fingerprint density at radius 3 is 2.61 bits per heavy atom. The minimum absolute atomic E-state index is 0.00424. The fraction of sp³-hybridized carbons (Fsp3) is 0.556. The number of nitrogens with two attached hydrogens (primary N) is 1. The highest BCUT2D eigenvalue weighted by atomic mass is 16.5. The molecule has 1 unspecified atom stereocenters. The summed E-state index contributed by atoms with van der Waals surface area (Å²) in [5.74, 6) is 0.895. The number of ether oxygens (including phenoxy) is 1. The summed E-state index contributed by atoms with van der Waals surface area (Å²) in [4.78, 5) is 23.3. The van der Waals surface area contributed by atoms with Crippen LogP contribution in [0.15, 0.2) is 24.3 Å². The molecule has 5 heteroatoms. The first-order valence-corrected chi connectivity index (χ1v) is 8.03. The normalized spacial score (nSPS) is 13.5. The maximum absolute atomic E-state index is 12.0. The molecule has 0 heterocycles. The third-order valence-corrected chi connectivity index (χ3v) is 4.18. The van der Waals surface area contributed by atoms with Gasteiger partial charge in [0.2, 0.25) is 5.91 Å². The molecular formula is C18H28N2O3. The number of rotatable bonds is 9. The third-order valence-electron chi connectivity index (χ3n) is 4.18. The number of hydrogen-bond donors (Lipinski definition) is 2. The van der Waals surface area contributed by atoms with Crippen molar-refractivity contribution >= 4 is 11.7 Å². The molecule has 1 aromatic rings. The number of carbonyl (C=O) groups excluding carboxylic acids is 2. The van der Waals surface area contributed by atoms with Crippen molar-refractivity contribution in [3.05, 3.63) is 29.8 Å². The lowest BCUT2D eigenvalue weighted by Crippen LogP contribution is -2.55.